The fourth-order valence-corrected chi connectivity index (χ4v) is 2.59. The molecule has 17 heavy (non-hydrogen) atoms. The summed E-state index contributed by atoms with van der Waals surface area (Å²) in [6.07, 6.45) is 1.43. The van der Waals surface area contributed by atoms with Gasteiger partial charge in [0.1, 0.15) is 5.75 Å². The van der Waals surface area contributed by atoms with Crippen LogP contribution < -0.4 is 4.74 Å². The first kappa shape index (κ1) is 14.5. The highest BCUT2D eigenvalue weighted by atomic mass is 79.9. The smallest absolute Gasteiger partial charge is 0.119 e. The van der Waals surface area contributed by atoms with Gasteiger partial charge in [0, 0.05) is 4.47 Å². The first-order valence-corrected chi connectivity index (χ1v) is 6.64. The van der Waals surface area contributed by atoms with Crippen LogP contribution in [-0.2, 0) is 6.42 Å². The van der Waals surface area contributed by atoms with E-state index in [0.29, 0.717) is 0 Å². The van der Waals surface area contributed by atoms with Gasteiger partial charge in [0.05, 0.1) is 13.2 Å². The van der Waals surface area contributed by atoms with Crippen LogP contribution in [0, 0.1) is 5.41 Å². The SMILES string of the molecule is COc1ccc(Br)c(CC(C)(C)CC(C)O)c1. The first-order chi connectivity index (χ1) is 7.84. The Morgan fingerprint density at radius 2 is 2.06 bits per heavy atom. The molecule has 1 rings (SSSR count). The highest BCUT2D eigenvalue weighted by molar-refractivity contribution is 9.10. The number of halogens is 1. The minimum atomic E-state index is -0.269. The Balaban J connectivity index is 2.86. The van der Waals surface area contributed by atoms with Gasteiger partial charge >= 0.3 is 0 Å². The molecule has 0 saturated heterocycles. The lowest BCUT2D eigenvalue weighted by molar-refractivity contribution is 0.129. The Morgan fingerprint density at radius 3 is 2.59 bits per heavy atom. The zero-order valence-corrected chi connectivity index (χ0v) is 12.5. The number of methoxy groups -OCH3 is 1. The molecule has 0 aromatic heterocycles. The third kappa shape index (κ3) is 4.68. The molecular weight excluding hydrogens is 280 g/mol. The van der Waals surface area contributed by atoms with Gasteiger partial charge in [-0.05, 0) is 48.9 Å². The van der Waals surface area contributed by atoms with Crippen molar-refractivity contribution in [1.82, 2.24) is 0 Å². The minimum Gasteiger partial charge on any atom is -0.497 e. The molecule has 1 aromatic carbocycles. The normalized spacial score (nSPS) is 13.5. The van der Waals surface area contributed by atoms with Crippen molar-refractivity contribution in [2.24, 2.45) is 5.41 Å². The molecule has 0 aliphatic carbocycles. The van der Waals surface area contributed by atoms with Crippen LogP contribution >= 0.6 is 15.9 Å². The predicted octanol–water partition coefficient (Wildman–Crippen LogP) is 3.80. The zero-order chi connectivity index (χ0) is 13.1. The number of ether oxygens (including phenoxy) is 1. The van der Waals surface area contributed by atoms with E-state index < -0.39 is 0 Å². The van der Waals surface area contributed by atoms with Crippen LogP contribution in [0.3, 0.4) is 0 Å². The van der Waals surface area contributed by atoms with Crippen LogP contribution in [0.25, 0.3) is 0 Å². The summed E-state index contributed by atoms with van der Waals surface area (Å²) in [5.74, 6) is 0.871. The number of aliphatic hydroxyl groups excluding tert-OH is 1. The summed E-state index contributed by atoms with van der Waals surface area (Å²) in [7, 11) is 1.67. The molecule has 0 saturated carbocycles. The van der Waals surface area contributed by atoms with Crippen LogP contribution in [0.4, 0.5) is 0 Å². The summed E-state index contributed by atoms with van der Waals surface area (Å²) >= 11 is 3.56. The molecule has 1 atom stereocenters. The number of benzene rings is 1. The van der Waals surface area contributed by atoms with Gasteiger partial charge in [0.15, 0.2) is 0 Å². The van der Waals surface area contributed by atoms with Crippen LogP contribution in [-0.4, -0.2) is 18.3 Å². The third-order valence-corrected chi connectivity index (χ3v) is 3.54. The molecule has 96 valence electrons. The molecule has 0 amide bonds. The second-order valence-corrected chi connectivity index (χ2v) is 6.21. The van der Waals surface area contributed by atoms with Crippen molar-refractivity contribution in [2.45, 2.75) is 39.7 Å². The average Bonchev–Trinajstić information content (AvgIpc) is 2.19. The predicted molar refractivity (Wildman–Crippen MR) is 74.5 cm³/mol. The van der Waals surface area contributed by atoms with Gasteiger partial charge in [-0.1, -0.05) is 29.8 Å². The van der Waals surface area contributed by atoms with Gasteiger partial charge in [-0.25, -0.2) is 0 Å². The fraction of sp³-hybridized carbons (Fsp3) is 0.571. The molecule has 1 N–H and O–H groups in total. The van der Waals surface area contributed by atoms with Gasteiger partial charge in [0.25, 0.3) is 0 Å². The van der Waals surface area contributed by atoms with Crippen molar-refractivity contribution in [1.29, 1.82) is 0 Å². The van der Waals surface area contributed by atoms with Crippen molar-refractivity contribution in [3.05, 3.63) is 28.2 Å². The van der Waals surface area contributed by atoms with Crippen molar-refractivity contribution >= 4 is 15.9 Å². The average molecular weight is 301 g/mol. The molecule has 2 nitrogen and oxygen atoms in total. The summed E-state index contributed by atoms with van der Waals surface area (Å²) in [6, 6.07) is 6.00. The summed E-state index contributed by atoms with van der Waals surface area (Å²) < 4.78 is 6.33. The topological polar surface area (TPSA) is 29.5 Å². The van der Waals surface area contributed by atoms with Gasteiger partial charge in [-0.3, -0.25) is 0 Å². The molecule has 0 aliphatic rings. The second kappa shape index (κ2) is 5.87. The number of rotatable bonds is 5. The molecule has 3 heteroatoms. The summed E-state index contributed by atoms with van der Waals surface area (Å²) in [5, 5.41) is 9.50. The van der Waals surface area contributed by atoms with Crippen LogP contribution in [0.5, 0.6) is 5.75 Å². The Morgan fingerprint density at radius 1 is 1.41 bits per heavy atom. The zero-order valence-electron chi connectivity index (χ0n) is 11.0. The Bertz CT molecular complexity index is 372. The number of aliphatic hydroxyl groups is 1. The van der Waals surface area contributed by atoms with Crippen LogP contribution in [0.1, 0.15) is 32.8 Å². The molecule has 0 heterocycles. The van der Waals surface area contributed by atoms with E-state index in [2.05, 4.69) is 29.8 Å². The highest BCUT2D eigenvalue weighted by Gasteiger charge is 2.22. The Hall–Kier alpha value is -0.540. The first-order valence-electron chi connectivity index (χ1n) is 5.84. The van der Waals surface area contributed by atoms with E-state index in [0.717, 1.165) is 23.1 Å². The van der Waals surface area contributed by atoms with Crippen LogP contribution in [0.15, 0.2) is 22.7 Å². The van der Waals surface area contributed by atoms with Crippen molar-refractivity contribution < 1.29 is 9.84 Å². The van der Waals surface area contributed by atoms with E-state index >= 15 is 0 Å². The van der Waals surface area contributed by atoms with Gasteiger partial charge in [0.2, 0.25) is 0 Å². The van der Waals surface area contributed by atoms with E-state index in [1.165, 1.54) is 5.56 Å². The summed E-state index contributed by atoms with van der Waals surface area (Å²) in [6.45, 7) is 6.18. The molecule has 1 unspecified atom stereocenters. The monoisotopic (exact) mass is 300 g/mol. The second-order valence-electron chi connectivity index (χ2n) is 5.35. The maximum Gasteiger partial charge on any atom is 0.119 e. The lowest BCUT2D eigenvalue weighted by atomic mass is 9.81. The van der Waals surface area contributed by atoms with Gasteiger partial charge in [-0.2, -0.15) is 0 Å². The van der Waals surface area contributed by atoms with E-state index in [1.54, 1.807) is 7.11 Å². The molecule has 0 bridgehead atoms. The van der Waals surface area contributed by atoms with Crippen molar-refractivity contribution in [3.63, 3.8) is 0 Å². The highest BCUT2D eigenvalue weighted by Crippen LogP contribution is 2.32. The molecule has 1 aromatic rings. The molecule has 0 aliphatic heterocycles. The molecule has 0 spiro atoms. The lowest BCUT2D eigenvalue weighted by Crippen LogP contribution is -2.21. The quantitative estimate of drug-likeness (QED) is 0.896. The third-order valence-electron chi connectivity index (χ3n) is 2.77. The van der Waals surface area contributed by atoms with E-state index in [4.69, 9.17) is 4.74 Å². The molecular formula is C14H21BrO2. The maximum absolute atomic E-state index is 9.50. The molecule has 0 radical (unpaired) electrons. The van der Waals surface area contributed by atoms with E-state index in [9.17, 15) is 5.11 Å². The fourth-order valence-electron chi connectivity index (χ4n) is 2.20. The molecule has 0 fully saturated rings. The van der Waals surface area contributed by atoms with E-state index in [-0.39, 0.29) is 11.5 Å². The summed E-state index contributed by atoms with van der Waals surface area (Å²) in [5.41, 5.74) is 1.29. The van der Waals surface area contributed by atoms with Crippen molar-refractivity contribution in [2.75, 3.05) is 7.11 Å². The van der Waals surface area contributed by atoms with Gasteiger partial charge in [-0.15, -0.1) is 0 Å². The standard InChI is InChI=1S/C14H21BrO2/c1-10(16)8-14(2,3)9-11-7-12(17-4)5-6-13(11)15/h5-7,10,16H,8-9H2,1-4H3. The Kier molecular flexibility index (Phi) is 5.02. The number of hydrogen-bond acceptors (Lipinski definition) is 2. The minimum absolute atomic E-state index is 0.0725. The Labute approximate surface area is 112 Å². The summed E-state index contributed by atoms with van der Waals surface area (Å²) in [4.78, 5) is 0. The number of hydrogen-bond donors (Lipinski definition) is 1. The maximum atomic E-state index is 9.50. The lowest BCUT2D eigenvalue weighted by Gasteiger charge is -2.26. The van der Waals surface area contributed by atoms with E-state index in [1.807, 2.05) is 25.1 Å². The van der Waals surface area contributed by atoms with Gasteiger partial charge < -0.3 is 9.84 Å². The van der Waals surface area contributed by atoms with Crippen LogP contribution in [0.2, 0.25) is 0 Å². The largest absolute Gasteiger partial charge is 0.497 e. The van der Waals surface area contributed by atoms with Crippen molar-refractivity contribution in [3.8, 4) is 5.75 Å².